The van der Waals surface area contributed by atoms with E-state index in [1.54, 1.807) is 0 Å². The third-order valence-electron chi connectivity index (χ3n) is 5.08. The lowest BCUT2D eigenvalue weighted by Crippen LogP contribution is -2.78. The number of hydrogen-bond donors (Lipinski definition) is 0. The minimum absolute atomic E-state index is 0.274. The molecule has 43 heavy (non-hydrogen) atoms. The molecule has 0 rings (SSSR count). The molecule has 0 saturated heterocycles. The van der Waals surface area contributed by atoms with Crippen LogP contribution in [0.3, 0.4) is 0 Å². The van der Waals surface area contributed by atoms with Gasteiger partial charge in [-0.2, -0.15) is 130 Å². The van der Waals surface area contributed by atoms with Gasteiger partial charge in [0, 0.05) is 0 Å². The monoisotopic (exact) mass is 730 g/mol. The van der Waals surface area contributed by atoms with Gasteiger partial charge in [-0.25, -0.2) is 0 Å². The van der Waals surface area contributed by atoms with Crippen LogP contribution in [0.4, 0.5) is 119 Å². The first-order valence-corrected chi connectivity index (χ1v) is 10.5. The maximum absolute atomic E-state index is 13.6. The molecule has 0 spiro atoms. The van der Waals surface area contributed by atoms with Crippen LogP contribution in [-0.4, -0.2) is 89.3 Å². The highest BCUT2D eigenvalue weighted by Gasteiger charge is 3.00. The SMILES string of the molecule is CSCC(F)(F)C(F)(F)C(F)(F)C(F)(F)C(F)(F)C(F)(F)C(F)(F)C(F)(F)C(F)(F)C(F)(F)C(F)(F)C(F)(F)C(F)(F)F. The summed E-state index contributed by atoms with van der Waals surface area (Å²) in [5.41, 5.74) is 0. The first-order valence-electron chi connectivity index (χ1n) is 9.15. The molecule has 0 radical (unpaired) electrons. The molecule has 0 aromatic rings. The predicted molar refractivity (Wildman–Crippen MR) is 83.8 cm³/mol. The quantitative estimate of drug-likeness (QED) is 0.170. The third kappa shape index (κ3) is 4.90. The van der Waals surface area contributed by atoms with Gasteiger partial charge in [0.25, 0.3) is 0 Å². The van der Waals surface area contributed by atoms with Crippen molar-refractivity contribution in [3.63, 3.8) is 0 Å². The van der Waals surface area contributed by atoms with Gasteiger partial charge in [0.2, 0.25) is 0 Å². The average molecular weight is 730 g/mol. The highest BCUT2D eigenvalue weighted by atomic mass is 32.2. The predicted octanol–water partition coefficient (Wildman–Crippen LogP) is 9.54. The van der Waals surface area contributed by atoms with Crippen molar-refractivity contribution in [3.05, 3.63) is 0 Å². The lowest BCUT2D eigenvalue weighted by atomic mass is 9.84. The van der Waals surface area contributed by atoms with Crippen LogP contribution in [0, 0.1) is 0 Å². The normalized spacial score (nSPS) is 17.0. The van der Waals surface area contributed by atoms with Gasteiger partial charge in [0.15, 0.2) is 0 Å². The first-order chi connectivity index (χ1) is 18.1. The first kappa shape index (κ1) is 41.5. The molecule has 0 unspecified atom stereocenters. The van der Waals surface area contributed by atoms with E-state index in [-0.39, 0.29) is 6.26 Å². The van der Waals surface area contributed by atoms with E-state index in [2.05, 4.69) is 0 Å². The molecule has 0 aliphatic carbocycles. The Morgan fingerprint density at radius 2 is 0.442 bits per heavy atom. The molecule has 0 amide bonds. The molecule has 0 aromatic carbocycles. The van der Waals surface area contributed by atoms with E-state index in [1.165, 1.54) is 0 Å². The van der Waals surface area contributed by atoms with Gasteiger partial charge in [-0.1, -0.05) is 0 Å². The maximum atomic E-state index is 13.6. The fourth-order valence-electron chi connectivity index (χ4n) is 2.45. The minimum atomic E-state index is -9.74. The maximum Gasteiger partial charge on any atom is 0.460 e. The number of hydrogen-bond acceptors (Lipinski definition) is 1. The van der Waals surface area contributed by atoms with Gasteiger partial charge in [-0.15, -0.1) is 0 Å². The van der Waals surface area contributed by atoms with Crippen molar-refractivity contribution in [1.29, 1.82) is 0 Å². The standard InChI is InChI=1S/C15H5F27S/c1-43-2-3(16,17)4(18,19)5(20,21)6(22,23)7(24,25)8(26,27)9(28,29)10(30,31)11(32,33)12(34,35)13(36,37)14(38,39)15(40,41)42/h2H2,1H3. The van der Waals surface area contributed by atoms with Crippen LogP contribution < -0.4 is 0 Å². The molecule has 28 heteroatoms. The Kier molecular flexibility index (Phi) is 9.87. The molecule has 0 N–H and O–H groups in total. The van der Waals surface area contributed by atoms with Gasteiger partial charge in [0.1, 0.15) is 0 Å². The smallest absolute Gasteiger partial charge is 0.199 e. The van der Waals surface area contributed by atoms with Gasteiger partial charge >= 0.3 is 77.2 Å². The zero-order valence-electron chi connectivity index (χ0n) is 18.8. The summed E-state index contributed by atoms with van der Waals surface area (Å²) in [7, 11) is 0. The summed E-state index contributed by atoms with van der Waals surface area (Å²) >= 11 is -0.710. The molecule has 0 saturated carbocycles. The molecule has 260 valence electrons. The van der Waals surface area contributed by atoms with Crippen LogP contribution in [0.25, 0.3) is 0 Å². The van der Waals surface area contributed by atoms with E-state index in [1.807, 2.05) is 0 Å². The summed E-state index contributed by atoms with van der Waals surface area (Å²) in [6.45, 7) is 0. The second-order valence-corrected chi connectivity index (χ2v) is 8.82. The van der Waals surface area contributed by atoms with E-state index < -0.39 is 94.8 Å². The zero-order chi connectivity index (χ0) is 35.9. The molecule has 0 aliphatic heterocycles. The van der Waals surface area contributed by atoms with Crippen molar-refractivity contribution in [2.24, 2.45) is 0 Å². The topological polar surface area (TPSA) is 0 Å². The van der Waals surface area contributed by atoms with E-state index in [0.717, 1.165) is 0 Å². The Labute approximate surface area is 220 Å². The van der Waals surface area contributed by atoms with E-state index in [4.69, 9.17) is 0 Å². The van der Waals surface area contributed by atoms with Gasteiger partial charge in [-0.3, -0.25) is 0 Å². The van der Waals surface area contributed by atoms with Crippen molar-refractivity contribution in [3.8, 4) is 0 Å². The van der Waals surface area contributed by atoms with Gasteiger partial charge in [-0.05, 0) is 6.26 Å². The van der Waals surface area contributed by atoms with Gasteiger partial charge in [0.05, 0.1) is 5.75 Å². The van der Waals surface area contributed by atoms with Crippen LogP contribution in [0.15, 0.2) is 0 Å². The number of halogens is 27. The highest BCUT2D eigenvalue weighted by molar-refractivity contribution is 7.98. The highest BCUT2D eigenvalue weighted by Crippen LogP contribution is 2.68. The molecule has 0 aliphatic rings. The van der Waals surface area contributed by atoms with Crippen LogP contribution in [0.1, 0.15) is 0 Å². The van der Waals surface area contributed by atoms with Crippen LogP contribution in [-0.2, 0) is 0 Å². The van der Waals surface area contributed by atoms with Crippen molar-refractivity contribution in [2.45, 2.75) is 77.2 Å². The summed E-state index contributed by atoms with van der Waals surface area (Å²) in [6, 6.07) is 0. The molecule has 0 fully saturated rings. The third-order valence-corrected chi connectivity index (χ3v) is 5.74. The summed E-state index contributed by atoms with van der Waals surface area (Å²) in [6.07, 6.45) is -7.95. The fraction of sp³-hybridized carbons (Fsp3) is 1.00. The average Bonchev–Trinajstić information content (AvgIpc) is 2.76. The van der Waals surface area contributed by atoms with Crippen LogP contribution in [0.2, 0.25) is 0 Å². The van der Waals surface area contributed by atoms with E-state index in [0.29, 0.717) is 0 Å². The van der Waals surface area contributed by atoms with Gasteiger partial charge < -0.3 is 0 Å². The molecule has 0 heterocycles. The molecule has 0 nitrogen and oxygen atoms in total. The van der Waals surface area contributed by atoms with Crippen molar-refractivity contribution >= 4 is 11.8 Å². The molecular formula is C15H5F27S. The number of thioether (sulfide) groups is 1. The molecular weight excluding hydrogens is 725 g/mol. The second kappa shape index (κ2) is 10.2. The van der Waals surface area contributed by atoms with E-state index >= 15 is 0 Å². The second-order valence-electron chi connectivity index (χ2n) is 7.95. The number of rotatable bonds is 13. The van der Waals surface area contributed by atoms with Crippen LogP contribution >= 0.6 is 11.8 Å². The molecule has 0 aromatic heterocycles. The van der Waals surface area contributed by atoms with Crippen molar-refractivity contribution in [1.82, 2.24) is 0 Å². The lowest BCUT2D eigenvalue weighted by Gasteiger charge is -2.46. The van der Waals surface area contributed by atoms with E-state index in [9.17, 15) is 119 Å². The van der Waals surface area contributed by atoms with Crippen molar-refractivity contribution in [2.75, 3.05) is 12.0 Å². The largest absolute Gasteiger partial charge is 0.460 e. The Bertz CT molecular complexity index is 1000. The summed E-state index contributed by atoms with van der Waals surface area (Å²) in [4.78, 5) is 0. The van der Waals surface area contributed by atoms with Crippen LogP contribution in [0.5, 0.6) is 0 Å². The molecule has 0 bridgehead atoms. The minimum Gasteiger partial charge on any atom is -0.199 e. The summed E-state index contributed by atoms with van der Waals surface area (Å²) in [5.74, 6) is -111. The Balaban J connectivity index is 7.42. The summed E-state index contributed by atoms with van der Waals surface area (Å²) in [5, 5.41) is 0. The fourth-order valence-corrected chi connectivity index (χ4v) is 3.00. The molecule has 0 atom stereocenters. The summed E-state index contributed by atoms with van der Waals surface area (Å²) < 4.78 is 358. The Hall–Kier alpha value is -1.54. The lowest BCUT2D eigenvalue weighted by molar-refractivity contribution is -0.484. The number of alkyl halides is 27. The zero-order valence-corrected chi connectivity index (χ0v) is 19.6. The Morgan fingerprint density at radius 3 is 0.605 bits per heavy atom. The van der Waals surface area contributed by atoms with Crippen molar-refractivity contribution < 1.29 is 119 Å². The Morgan fingerprint density at radius 1 is 0.279 bits per heavy atom.